The number of aliphatic hydroxyl groups excluding tert-OH is 1. The predicted octanol–water partition coefficient (Wildman–Crippen LogP) is 2.04. The zero-order valence-corrected chi connectivity index (χ0v) is 10.3. The summed E-state index contributed by atoms with van der Waals surface area (Å²) in [4.78, 5) is 0. The van der Waals surface area contributed by atoms with Gasteiger partial charge in [-0.05, 0) is 19.4 Å². The fourth-order valence-electron chi connectivity index (χ4n) is 1.84. The van der Waals surface area contributed by atoms with Crippen molar-refractivity contribution in [1.82, 2.24) is 5.32 Å². The summed E-state index contributed by atoms with van der Waals surface area (Å²) < 4.78 is 5.36. The molecule has 0 saturated heterocycles. The van der Waals surface area contributed by atoms with E-state index in [1.807, 2.05) is 12.1 Å². The molecule has 0 amide bonds. The Bertz CT molecular complexity index is 326. The van der Waals surface area contributed by atoms with E-state index in [0.717, 1.165) is 12.2 Å². The molecule has 16 heavy (non-hydrogen) atoms. The van der Waals surface area contributed by atoms with Crippen molar-refractivity contribution in [1.29, 1.82) is 0 Å². The summed E-state index contributed by atoms with van der Waals surface area (Å²) in [5.74, 6) is 0.905. The molecule has 1 aromatic carbocycles. The second-order valence-corrected chi connectivity index (χ2v) is 3.88. The Labute approximate surface area is 97.4 Å². The maximum Gasteiger partial charge on any atom is 0.123 e. The van der Waals surface area contributed by atoms with Crippen molar-refractivity contribution in [3.63, 3.8) is 0 Å². The lowest BCUT2D eigenvalue weighted by atomic mass is 10.0. The fraction of sp³-hybridized carbons (Fsp3) is 0.538. The second-order valence-electron chi connectivity index (χ2n) is 3.88. The van der Waals surface area contributed by atoms with Gasteiger partial charge in [-0.25, -0.2) is 0 Å². The van der Waals surface area contributed by atoms with E-state index in [1.165, 1.54) is 11.1 Å². The molecule has 0 aromatic heterocycles. The third-order valence-electron chi connectivity index (χ3n) is 2.67. The van der Waals surface area contributed by atoms with Crippen LogP contribution in [-0.2, 0) is 0 Å². The number of hydrogen-bond acceptors (Lipinski definition) is 3. The van der Waals surface area contributed by atoms with Gasteiger partial charge in [0.25, 0.3) is 0 Å². The largest absolute Gasteiger partial charge is 0.496 e. The van der Waals surface area contributed by atoms with E-state index in [4.69, 9.17) is 9.84 Å². The quantitative estimate of drug-likeness (QED) is 0.775. The lowest BCUT2D eigenvalue weighted by Gasteiger charge is -2.20. The van der Waals surface area contributed by atoms with Gasteiger partial charge in [0.1, 0.15) is 5.75 Å². The number of nitrogens with one attached hydrogen (secondary N) is 1. The molecule has 0 heterocycles. The highest BCUT2D eigenvalue weighted by molar-refractivity contribution is 5.39. The van der Waals surface area contributed by atoms with E-state index in [0.29, 0.717) is 6.54 Å². The number of benzene rings is 1. The third kappa shape index (κ3) is 3.22. The van der Waals surface area contributed by atoms with Crippen molar-refractivity contribution in [2.24, 2.45) is 0 Å². The van der Waals surface area contributed by atoms with Crippen LogP contribution in [0.1, 0.15) is 30.5 Å². The van der Waals surface area contributed by atoms with Crippen LogP contribution in [0, 0.1) is 6.92 Å². The van der Waals surface area contributed by atoms with Crippen molar-refractivity contribution in [3.8, 4) is 5.75 Å². The van der Waals surface area contributed by atoms with Gasteiger partial charge in [0.2, 0.25) is 0 Å². The first-order valence-electron chi connectivity index (χ1n) is 5.71. The lowest BCUT2D eigenvalue weighted by Crippen LogP contribution is -2.24. The Balaban J connectivity index is 2.92. The SMILES string of the molecule is CCC(NCCO)c1cc(C)ccc1OC. The van der Waals surface area contributed by atoms with E-state index < -0.39 is 0 Å². The van der Waals surface area contributed by atoms with Gasteiger partial charge in [0, 0.05) is 18.2 Å². The molecule has 3 heteroatoms. The van der Waals surface area contributed by atoms with E-state index in [2.05, 4.69) is 25.2 Å². The number of aryl methyl sites for hydroxylation is 1. The molecule has 0 aliphatic rings. The van der Waals surface area contributed by atoms with Gasteiger partial charge in [0.15, 0.2) is 0 Å². The maximum absolute atomic E-state index is 8.84. The van der Waals surface area contributed by atoms with E-state index in [9.17, 15) is 0 Å². The molecule has 3 nitrogen and oxygen atoms in total. The van der Waals surface area contributed by atoms with E-state index in [1.54, 1.807) is 7.11 Å². The fourth-order valence-corrected chi connectivity index (χ4v) is 1.84. The molecular weight excluding hydrogens is 202 g/mol. The summed E-state index contributed by atoms with van der Waals surface area (Å²) in [6.07, 6.45) is 0.972. The summed E-state index contributed by atoms with van der Waals surface area (Å²) >= 11 is 0. The summed E-state index contributed by atoms with van der Waals surface area (Å²) in [7, 11) is 1.69. The average Bonchev–Trinajstić information content (AvgIpc) is 2.30. The number of aliphatic hydroxyl groups is 1. The molecule has 1 atom stereocenters. The highest BCUT2D eigenvalue weighted by Gasteiger charge is 2.13. The highest BCUT2D eigenvalue weighted by atomic mass is 16.5. The highest BCUT2D eigenvalue weighted by Crippen LogP contribution is 2.27. The molecular formula is C13H21NO2. The van der Waals surface area contributed by atoms with Crippen molar-refractivity contribution in [3.05, 3.63) is 29.3 Å². The molecule has 0 radical (unpaired) electrons. The van der Waals surface area contributed by atoms with Crippen LogP contribution >= 0.6 is 0 Å². The van der Waals surface area contributed by atoms with Crippen molar-refractivity contribution in [2.45, 2.75) is 26.3 Å². The number of methoxy groups -OCH3 is 1. The Morgan fingerprint density at radius 1 is 1.44 bits per heavy atom. The van der Waals surface area contributed by atoms with Gasteiger partial charge in [-0.3, -0.25) is 0 Å². The first-order valence-corrected chi connectivity index (χ1v) is 5.71. The van der Waals surface area contributed by atoms with Gasteiger partial charge in [-0.15, -0.1) is 0 Å². The number of rotatable bonds is 6. The molecule has 1 aromatic rings. The Morgan fingerprint density at radius 2 is 2.19 bits per heavy atom. The van der Waals surface area contributed by atoms with Crippen LogP contribution in [0.4, 0.5) is 0 Å². The zero-order valence-electron chi connectivity index (χ0n) is 10.3. The smallest absolute Gasteiger partial charge is 0.123 e. The first-order chi connectivity index (χ1) is 7.72. The Kier molecular flexibility index (Phi) is 5.29. The molecule has 0 spiro atoms. The number of hydrogen-bond donors (Lipinski definition) is 2. The second kappa shape index (κ2) is 6.51. The average molecular weight is 223 g/mol. The molecule has 0 saturated carbocycles. The van der Waals surface area contributed by atoms with Crippen molar-refractivity contribution < 1.29 is 9.84 Å². The number of ether oxygens (including phenoxy) is 1. The first kappa shape index (κ1) is 13.0. The minimum atomic E-state index is 0.157. The molecule has 90 valence electrons. The van der Waals surface area contributed by atoms with Gasteiger partial charge in [-0.1, -0.05) is 24.6 Å². The summed E-state index contributed by atoms with van der Waals surface area (Å²) in [6, 6.07) is 6.41. The zero-order chi connectivity index (χ0) is 12.0. The standard InChI is InChI=1S/C13H21NO2/c1-4-12(14-7-8-15)11-9-10(2)5-6-13(11)16-3/h5-6,9,12,14-15H,4,7-8H2,1-3H3. The molecule has 0 fully saturated rings. The van der Waals surface area contributed by atoms with Crippen LogP contribution in [0.3, 0.4) is 0 Å². The Hall–Kier alpha value is -1.06. The van der Waals surface area contributed by atoms with Crippen LogP contribution in [0.2, 0.25) is 0 Å². The van der Waals surface area contributed by atoms with Crippen molar-refractivity contribution in [2.75, 3.05) is 20.3 Å². The molecule has 0 bridgehead atoms. The summed E-state index contributed by atoms with van der Waals surface area (Å²) in [5.41, 5.74) is 2.39. The van der Waals surface area contributed by atoms with Gasteiger partial charge < -0.3 is 15.2 Å². The van der Waals surface area contributed by atoms with Crippen LogP contribution in [-0.4, -0.2) is 25.4 Å². The summed E-state index contributed by atoms with van der Waals surface area (Å²) in [6.45, 7) is 4.96. The summed E-state index contributed by atoms with van der Waals surface area (Å²) in [5, 5.41) is 12.2. The third-order valence-corrected chi connectivity index (χ3v) is 2.67. The van der Waals surface area contributed by atoms with Gasteiger partial charge in [0.05, 0.1) is 13.7 Å². The van der Waals surface area contributed by atoms with Gasteiger partial charge in [-0.2, -0.15) is 0 Å². The lowest BCUT2D eigenvalue weighted by molar-refractivity contribution is 0.282. The van der Waals surface area contributed by atoms with Crippen LogP contribution in [0.15, 0.2) is 18.2 Å². The monoisotopic (exact) mass is 223 g/mol. The predicted molar refractivity (Wildman–Crippen MR) is 65.9 cm³/mol. The minimum absolute atomic E-state index is 0.157. The van der Waals surface area contributed by atoms with Crippen LogP contribution < -0.4 is 10.1 Å². The van der Waals surface area contributed by atoms with Crippen molar-refractivity contribution >= 4 is 0 Å². The van der Waals surface area contributed by atoms with E-state index in [-0.39, 0.29) is 12.6 Å². The topological polar surface area (TPSA) is 41.5 Å². The normalized spacial score (nSPS) is 12.5. The Morgan fingerprint density at radius 3 is 2.75 bits per heavy atom. The van der Waals surface area contributed by atoms with Crippen LogP contribution in [0.5, 0.6) is 5.75 Å². The van der Waals surface area contributed by atoms with E-state index >= 15 is 0 Å². The minimum Gasteiger partial charge on any atom is -0.496 e. The molecule has 0 aliphatic carbocycles. The van der Waals surface area contributed by atoms with Gasteiger partial charge >= 0.3 is 0 Å². The molecule has 1 rings (SSSR count). The molecule has 2 N–H and O–H groups in total. The van der Waals surface area contributed by atoms with Crippen LogP contribution in [0.25, 0.3) is 0 Å². The maximum atomic E-state index is 8.84. The molecule has 1 unspecified atom stereocenters. The molecule has 0 aliphatic heterocycles.